The molecule has 0 bridgehead atoms. The van der Waals surface area contributed by atoms with Crippen LogP contribution in [0.3, 0.4) is 0 Å². The third-order valence-electron chi connectivity index (χ3n) is 2.14. The first-order valence-corrected chi connectivity index (χ1v) is 5.30. The summed E-state index contributed by atoms with van der Waals surface area (Å²) in [5.41, 5.74) is 0.346. The molecule has 0 saturated heterocycles. The summed E-state index contributed by atoms with van der Waals surface area (Å²) in [6.07, 6.45) is 0. The number of aromatic nitrogens is 3. The Morgan fingerprint density at radius 2 is 2.25 bits per heavy atom. The number of hydrogen-bond acceptors (Lipinski definition) is 3. The topological polar surface area (TPSA) is 39.9 Å². The molecule has 2 aromatic rings. The highest BCUT2D eigenvalue weighted by Gasteiger charge is 2.17. The molecule has 0 unspecified atom stereocenters. The second-order valence-electron chi connectivity index (χ2n) is 3.16. The molecule has 16 heavy (non-hydrogen) atoms. The van der Waals surface area contributed by atoms with E-state index in [9.17, 15) is 8.78 Å². The lowest BCUT2D eigenvalue weighted by molar-refractivity contribution is 0.184. The van der Waals surface area contributed by atoms with E-state index in [-0.39, 0.29) is 5.52 Å². The van der Waals surface area contributed by atoms with Crippen LogP contribution in [0, 0.1) is 11.6 Å². The van der Waals surface area contributed by atoms with Gasteiger partial charge in [0.25, 0.3) is 0 Å². The molecule has 0 aliphatic carbocycles. The van der Waals surface area contributed by atoms with E-state index < -0.39 is 11.6 Å². The van der Waals surface area contributed by atoms with Gasteiger partial charge in [-0.2, -0.15) is 0 Å². The summed E-state index contributed by atoms with van der Waals surface area (Å²) in [5, 5.41) is 7.52. The molecule has 1 aromatic heterocycles. The molecule has 1 aromatic carbocycles. The summed E-state index contributed by atoms with van der Waals surface area (Å²) in [6, 6.07) is 1.03. The van der Waals surface area contributed by atoms with Crippen molar-refractivity contribution in [1.82, 2.24) is 15.0 Å². The Labute approximate surface area is 98.3 Å². The molecule has 7 heteroatoms. The molecule has 0 amide bonds. The predicted octanol–water partition coefficient (Wildman–Crippen LogP) is 2.12. The number of benzene rings is 1. The van der Waals surface area contributed by atoms with Crippen molar-refractivity contribution in [3.05, 3.63) is 22.2 Å². The fourth-order valence-corrected chi connectivity index (χ4v) is 1.85. The maximum Gasteiger partial charge on any atom is 0.186 e. The Bertz CT molecular complexity index is 529. The number of hydrogen-bond donors (Lipinski definition) is 0. The zero-order valence-corrected chi connectivity index (χ0v) is 9.96. The highest BCUT2D eigenvalue weighted by atomic mass is 79.9. The Morgan fingerprint density at radius 1 is 1.50 bits per heavy atom. The molecular formula is C9H8BrF2N3O. The summed E-state index contributed by atoms with van der Waals surface area (Å²) < 4.78 is 33.3. The van der Waals surface area contributed by atoms with Crippen LogP contribution in [0.1, 0.15) is 0 Å². The fraction of sp³-hybridized carbons (Fsp3) is 0.333. The summed E-state index contributed by atoms with van der Waals surface area (Å²) in [5.74, 6) is -1.88. The summed E-state index contributed by atoms with van der Waals surface area (Å²) in [4.78, 5) is 0. The zero-order chi connectivity index (χ0) is 11.7. The zero-order valence-electron chi connectivity index (χ0n) is 8.38. The van der Waals surface area contributed by atoms with Crippen molar-refractivity contribution >= 4 is 27.0 Å². The van der Waals surface area contributed by atoms with Gasteiger partial charge < -0.3 is 4.74 Å². The van der Waals surface area contributed by atoms with Gasteiger partial charge in [-0.1, -0.05) is 5.21 Å². The van der Waals surface area contributed by atoms with E-state index in [2.05, 4.69) is 26.2 Å². The van der Waals surface area contributed by atoms with Crippen molar-refractivity contribution in [2.45, 2.75) is 6.54 Å². The van der Waals surface area contributed by atoms with E-state index in [1.807, 2.05) is 0 Å². The largest absolute Gasteiger partial charge is 0.383 e. The second-order valence-corrected chi connectivity index (χ2v) is 4.01. The highest BCUT2D eigenvalue weighted by molar-refractivity contribution is 9.10. The van der Waals surface area contributed by atoms with E-state index in [1.165, 1.54) is 11.8 Å². The van der Waals surface area contributed by atoms with Gasteiger partial charge in [0.2, 0.25) is 0 Å². The molecule has 0 saturated carbocycles. The quantitative estimate of drug-likeness (QED) is 0.814. The van der Waals surface area contributed by atoms with E-state index >= 15 is 0 Å². The van der Waals surface area contributed by atoms with Gasteiger partial charge in [-0.15, -0.1) is 5.10 Å². The third kappa shape index (κ3) is 1.80. The lowest BCUT2D eigenvalue weighted by Gasteiger charge is -2.02. The normalized spacial score (nSPS) is 11.2. The number of fused-ring (bicyclic) bond motifs is 1. The molecular weight excluding hydrogens is 284 g/mol. The Morgan fingerprint density at radius 3 is 2.94 bits per heavy atom. The third-order valence-corrected chi connectivity index (χ3v) is 2.74. The standard InChI is InChI=1S/C9H8BrF2N3O/c1-16-3-2-15-9-7(12)6(11)4-5(10)8(9)13-14-15/h4H,2-3H2,1H3. The SMILES string of the molecule is COCCn1nnc2c(Br)cc(F)c(F)c21. The minimum atomic E-state index is -0.945. The van der Waals surface area contributed by atoms with Crippen LogP contribution >= 0.6 is 15.9 Å². The van der Waals surface area contributed by atoms with Crippen LogP contribution in [0.4, 0.5) is 8.78 Å². The molecule has 0 aliphatic rings. The van der Waals surface area contributed by atoms with Gasteiger partial charge in [0, 0.05) is 7.11 Å². The minimum absolute atomic E-state index is 0.0453. The van der Waals surface area contributed by atoms with Crippen molar-refractivity contribution < 1.29 is 13.5 Å². The first-order valence-electron chi connectivity index (χ1n) is 4.50. The average Bonchev–Trinajstić information content (AvgIpc) is 2.67. The van der Waals surface area contributed by atoms with Crippen LogP contribution in [0.15, 0.2) is 10.5 Å². The molecule has 0 N–H and O–H groups in total. The van der Waals surface area contributed by atoms with Gasteiger partial charge in [-0.3, -0.25) is 0 Å². The van der Waals surface area contributed by atoms with Crippen molar-refractivity contribution in [3.8, 4) is 0 Å². The molecule has 0 atom stereocenters. The van der Waals surface area contributed by atoms with E-state index in [1.54, 1.807) is 0 Å². The Hall–Kier alpha value is -1.08. The van der Waals surface area contributed by atoms with E-state index in [0.29, 0.717) is 23.1 Å². The van der Waals surface area contributed by atoms with Crippen molar-refractivity contribution in [2.24, 2.45) is 0 Å². The Kier molecular flexibility index (Phi) is 3.15. The average molecular weight is 292 g/mol. The molecule has 2 rings (SSSR count). The first kappa shape index (κ1) is 11.4. The number of ether oxygens (including phenoxy) is 1. The monoisotopic (exact) mass is 291 g/mol. The summed E-state index contributed by atoms with van der Waals surface area (Å²) >= 11 is 3.11. The molecule has 4 nitrogen and oxygen atoms in total. The lowest BCUT2D eigenvalue weighted by atomic mass is 10.3. The molecule has 1 heterocycles. The number of nitrogens with zero attached hydrogens (tertiary/aromatic N) is 3. The van der Waals surface area contributed by atoms with Crippen LogP contribution in [-0.2, 0) is 11.3 Å². The maximum atomic E-state index is 13.6. The molecule has 86 valence electrons. The summed E-state index contributed by atoms with van der Waals surface area (Å²) in [7, 11) is 1.52. The highest BCUT2D eigenvalue weighted by Crippen LogP contribution is 2.26. The van der Waals surface area contributed by atoms with Gasteiger partial charge in [-0.25, -0.2) is 13.5 Å². The van der Waals surface area contributed by atoms with E-state index in [4.69, 9.17) is 4.74 Å². The van der Waals surface area contributed by atoms with Gasteiger partial charge in [0.15, 0.2) is 11.6 Å². The van der Waals surface area contributed by atoms with Crippen molar-refractivity contribution in [1.29, 1.82) is 0 Å². The maximum absolute atomic E-state index is 13.6. The van der Waals surface area contributed by atoms with Crippen molar-refractivity contribution in [2.75, 3.05) is 13.7 Å². The van der Waals surface area contributed by atoms with E-state index in [0.717, 1.165) is 6.07 Å². The van der Waals surface area contributed by atoms with Crippen LogP contribution in [-0.4, -0.2) is 28.7 Å². The molecule has 0 aliphatic heterocycles. The van der Waals surface area contributed by atoms with Gasteiger partial charge in [0.05, 0.1) is 17.6 Å². The molecule has 0 radical (unpaired) electrons. The number of methoxy groups -OCH3 is 1. The van der Waals surface area contributed by atoms with Gasteiger partial charge in [0.1, 0.15) is 11.0 Å². The minimum Gasteiger partial charge on any atom is -0.383 e. The van der Waals surface area contributed by atoms with Crippen LogP contribution in [0.5, 0.6) is 0 Å². The Balaban J connectivity index is 2.60. The number of rotatable bonds is 3. The van der Waals surface area contributed by atoms with Crippen LogP contribution < -0.4 is 0 Å². The van der Waals surface area contributed by atoms with Gasteiger partial charge >= 0.3 is 0 Å². The summed E-state index contributed by atoms with van der Waals surface area (Å²) in [6.45, 7) is 0.672. The number of halogens is 3. The molecule has 0 spiro atoms. The van der Waals surface area contributed by atoms with Crippen LogP contribution in [0.25, 0.3) is 11.0 Å². The first-order chi connectivity index (χ1) is 7.65. The van der Waals surface area contributed by atoms with Crippen LogP contribution in [0.2, 0.25) is 0 Å². The smallest absolute Gasteiger partial charge is 0.186 e. The van der Waals surface area contributed by atoms with Crippen molar-refractivity contribution in [3.63, 3.8) is 0 Å². The fourth-order valence-electron chi connectivity index (χ4n) is 1.38. The predicted molar refractivity (Wildman–Crippen MR) is 57.0 cm³/mol. The second kappa shape index (κ2) is 4.42. The lowest BCUT2D eigenvalue weighted by Crippen LogP contribution is -2.07. The molecule has 0 fully saturated rings. The van der Waals surface area contributed by atoms with Gasteiger partial charge in [-0.05, 0) is 22.0 Å².